The van der Waals surface area contributed by atoms with Crippen LogP contribution < -0.4 is 16.5 Å². The molecule has 1 rings (SSSR count). The van der Waals surface area contributed by atoms with Crippen molar-refractivity contribution in [2.24, 2.45) is 5.73 Å². The monoisotopic (exact) mass is 430 g/mol. The van der Waals surface area contributed by atoms with Gasteiger partial charge in [-0.05, 0) is 17.4 Å². The summed E-state index contributed by atoms with van der Waals surface area (Å²) >= 11 is 0. The summed E-state index contributed by atoms with van der Waals surface area (Å²) in [6, 6.07) is 4.66. The lowest BCUT2D eigenvalue weighted by Crippen LogP contribution is -2.50. The van der Waals surface area contributed by atoms with E-state index in [2.05, 4.69) is 5.32 Å². The average molecular weight is 430 g/mol. The van der Waals surface area contributed by atoms with Crippen molar-refractivity contribution in [3.8, 4) is 0 Å². The van der Waals surface area contributed by atoms with Gasteiger partial charge in [0.15, 0.2) is 0 Å². The van der Waals surface area contributed by atoms with E-state index >= 15 is 0 Å². The zero-order chi connectivity index (χ0) is 22.5. The molecule has 0 aliphatic heterocycles. The van der Waals surface area contributed by atoms with Crippen LogP contribution in [0.3, 0.4) is 0 Å². The molecule has 0 aliphatic rings. The minimum atomic E-state index is -1.58. The van der Waals surface area contributed by atoms with Crippen molar-refractivity contribution in [1.82, 2.24) is 5.32 Å². The van der Waals surface area contributed by atoms with Gasteiger partial charge in [0.25, 0.3) is 0 Å². The molecule has 0 aliphatic carbocycles. The second-order valence-electron chi connectivity index (χ2n) is 6.77. The Kier molecular flexibility index (Phi) is 12.7. The predicted molar refractivity (Wildman–Crippen MR) is 108 cm³/mol. The lowest BCUT2D eigenvalue weighted by atomic mass is 9.80. The van der Waals surface area contributed by atoms with Gasteiger partial charge in [-0.15, -0.1) is 0 Å². The maximum absolute atomic E-state index is 12.5. The third-order valence-electron chi connectivity index (χ3n) is 4.30. The minimum absolute atomic E-state index is 0.100. The molecule has 0 spiro atoms. The molecule has 0 radical (unpaired) electrons. The number of aliphatic hydroxyl groups excluding tert-OH is 4. The van der Waals surface area contributed by atoms with E-state index in [1.54, 1.807) is 12.1 Å². The number of carbonyl (C=O) groups is 1. The number of amides is 1. The molecule has 1 amide bonds. The van der Waals surface area contributed by atoms with Gasteiger partial charge in [-0.1, -0.05) is 24.3 Å². The van der Waals surface area contributed by atoms with Gasteiger partial charge < -0.3 is 51.0 Å². The lowest BCUT2D eigenvalue weighted by molar-refractivity contribution is -0.125. The number of nitrogens with two attached hydrogens (primary N) is 1. The summed E-state index contributed by atoms with van der Waals surface area (Å²) in [7, 11) is -1.58. The van der Waals surface area contributed by atoms with E-state index in [4.69, 9.17) is 45.7 Å². The average Bonchev–Trinajstić information content (AvgIpc) is 2.75. The molecule has 1 aromatic carbocycles. The molecule has 0 saturated heterocycles. The van der Waals surface area contributed by atoms with Crippen LogP contribution in [-0.4, -0.2) is 107 Å². The van der Waals surface area contributed by atoms with E-state index in [1.165, 1.54) is 12.1 Å². The Bertz CT molecular complexity index is 582. The summed E-state index contributed by atoms with van der Waals surface area (Å²) in [5.41, 5.74) is 6.99. The molecule has 0 aromatic heterocycles. The first kappa shape index (κ1) is 26.4. The van der Waals surface area contributed by atoms with Crippen LogP contribution in [0.5, 0.6) is 0 Å². The number of hydrogen-bond donors (Lipinski definition) is 8. The van der Waals surface area contributed by atoms with Crippen LogP contribution in [-0.2, 0) is 20.7 Å². The number of benzene rings is 1. The SMILES string of the molecule is NC(Cc1ccc(B(O)O)cc1)C(=O)NC(COC(CO)CO)COC(CO)CO. The second kappa shape index (κ2) is 14.4. The third-order valence-corrected chi connectivity index (χ3v) is 4.30. The molecule has 30 heavy (non-hydrogen) atoms. The fourth-order valence-electron chi connectivity index (χ4n) is 2.44. The van der Waals surface area contributed by atoms with Crippen LogP contribution >= 0.6 is 0 Å². The molecule has 0 fully saturated rings. The second-order valence-corrected chi connectivity index (χ2v) is 6.77. The molecule has 1 unspecified atom stereocenters. The predicted octanol–water partition coefficient (Wildman–Crippen LogP) is -4.54. The minimum Gasteiger partial charge on any atom is -0.423 e. The molecule has 9 N–H and O–H groups in total. The van der Waals surface area contributed by atoms with Crippen molar-refractivity contribution < 1.29 is 44.7 Å². The quantitative estimate of drug-likeness (QED) is 0.126. The Labute approximate surface area is 175 Å². The molecule has 11 nitrogen and oxygen atoms in total. The van der Waals surface area contributed by atoms with Crippen LogP contribution in [0.4, 0.5) is 0 Å². The molecule has 170 valence electrons. The van der Waals surface area contributed by atoms with E-state index in [1.807, 2.05) is 0 Å². The van der Waals surface area contributed by atoms with Gasteiger partial charge in [0.1, 0.15) is 12.2 Å². The standard InChI is InChI=1S/C18H31BN2O9/c20-17(5-12-1-3-13(4-2-12)19(27)28)18(26)21-14(10-29-15(6-22)7-23)11-30-16(8-24)9-25/h1-4,14-17,22-25,27-28H,5-11,20H2,(H,21,26). The van der Waals surface area contributed by atoms with E-state index < -0.39 is 63.7 Å². The Morgan fingerprint density at radius 2 is 1.40 bits per heavy atom. The highest BCUT2D eigenvalue weighted by Gasteiger charge is 2.22. The van der Waals surface area contributed by atoms with Crippen molar-refractivity contribution in [1.29, 1.82) is 0 Å². The highest BCUT2D eigenvalue weighted by Crippen LogP contribution is 2.03. The Balaban J connectivity index is 2.67. The first-order chi connectivity index (χ1) is 14.3. The summed E-state index contributed by atoms with van der Waals surface area (Å²) in [6.45, 7) is -1.84. The fourth-order valence-corrected chi connectivity index (χ4v) is 2.44. The van der Waals surface area contributed by atoms with Gasteiger partial charge in [-0.25, -0.2) is 0 Å². The summed E-state index contributed by atoms with van der Waals surface area (Å²) in [5, 5.41) is 57.3. The van der Waals surface area contributed by atoms with Crippen molar-refractivity contribution in [3.63, 3.8) is 0 Å². The van der Waals surface area contributed by atoms with Crippen molar-refractivity contribution in [2.75, 3.05) is 39.6 Å². The first-order valence-corrected chi connectivity index (χ1v) is 9.52. The number of nitrogens with one attached hydrogen (secondary N) is 1. The maximum atomic E-state index is 12.5. The molecule has 0 heterocycles. The summed E-state index contributed by atoms with van der Waals surface area (Å²) in [5.74, 6) is -0.507. The number of aliphatic hydroxyl groups is 4. The molecule has 12 heteroatoms. The van der Waals surface area contributed by atoms with Crippen LogP contribution in [0.2, 0.25) is 0 Å². The zero-order valence-electron chi connectivity index (χ0n) is 16.6. The maximum Gasteiger partial charge on any atom is 0.488 e. The van der Waals surface area contributed by atoms with E-state index in [0.29, 0.717) is 11.0 Å². The number of carbonyl (C=O) groups excluding carboxylic acids is 1. The van der Waals surface area contributed by atoms with Crippen LogP contribution in [0.1, 0.15) is 5.56 Å². The topological polar surface area (TPSA) is 195 Å². The lowest BCUT2D eigenvalue weighted by Gasteiger charge is -2.24. The number of hydrogen-bond acceptors (Lipinski definition) is 10. The normalized spacial score (nSPS) is 12.6. The zero-order valence-corrected chi connectivity index (χ0v) is 16.6. The third kappa shape index (κ3) is 9.47. The summed E-state index contributed by atoms with van der Waals surface area (Å²) < 4.78 is 10.7. The highest BCUT2D eigenvalue weighted by atomic mass is 16.5. The molecular formula is C18H31BN2O9. The fraction of sp³-hybridized carbons (Fsp3) is 0.611. The summed E-state index contributed by atoms with van der Waals surface area (Å²) in [6.07, 6.45) is -1.47. The van der Waals surface area contributed by atoms with Crippen molar-refractivity contribution >= 4 is 18.5 Å². The Hall–Kier alpha value is -1.61. The smallest absolute Gasteiger partial charge is 0.423 e. The van der Waals surface area contributed by atoms with E-state index in [9.17, 15) is 4.79 Å². The largest absolute Gasteiger partial charge is 0.488 e. The molecule has 0 saturated carbocycles. The molecule has 0 bridgehead atoms. The van der Waals surface area contributed by atoms with Crippen LogP contribution in [0, 0.1) is 0 Å². The van der Waals surface area contributed by atoms with Gasteiger partial charge in [0.05, 0.1) is 51.7 Å². The van der Waals surface area contributed by atoms with Crippen molar-refractivity contribution in [3.05, 3.63) is 29.8 Å². The van der Waals surface area contributed by atoms with Gasteiger partial charge in [0.2, 0.25) is 5.91 Å². The van der Waals surface area contributed by atoms with Gasteiger partial charge in [-0.3, -0.25) is 4.79 Å². The summed E-state index contributed by atoms with van der Waals surface area (Å²) in [4.78, 5) is 12.5. The number of ether oxygens (including phenoxy) is 2. The Morgan fingerprint density at radius 3 is 1.80 bits per heavy atom. The van der Waals surface area contributed by atoms with Gasteiger partial charge >= 0.3 is 7.12 Å². The molecule has 1 aromatic rings. The molecular weight excluding hydrogens is 399 g/mol. The first-order valence-electron chi connectivity index (χ1n) is 9.52. The van der Waals surface area contributed by atoms with Crippen LogP contribution in [0.25, 0.3) is 0 Å². The van der Waals surface area contributed by atoms with Gasteiger partial charge in [-0.2, -0.15) is 0 Å². The van der Waals surface area contributed by atoms with Crippen LogP contribution in [0.15, 0.2) is 24.3 Å². The van der Waals surface area contributed by atoms with Gasteiger partial charge in [0, 0.05) is 0 Å². The number of rotatable bonds is 15. The molecule has 1 atom stereocenters. The highest BCUT2D eigenvalue weighted by molar-refractivity contribution is 6.58. The van der Waals surface area contributed by atoms with E-state index in [0.717, 1.165) is 0 Å². The van der Waals surface area contributed by atoms with E-state index in [-0.39, 0.29) is 19.6 Å². The Morgan fingerprint density at radius 1 is 0.933 bits per heavy atom. The van der Waals surface area contributed by atoms with Crippen molar-refractivity contribution in [2.45, 2.75) is 30.7 Å².